The molecule has 1 spiro atoms. The quantitative estimate of drug-likeness (QED) is 0.421. The minimum Gasteiger partial charge on any atom is -0.348 e. The molecule has 3 aliphatic heterocycles. The minimum absolute atomic E-state index is 0.00428. The molecule has 0 bridgehead atoms. The van der Waals surface area contributed by atoms with E-state index < -0.39 is 6.35 Å². The first-order chi connectivity index (χ1) is 20.3. The van der Waals surface area contributed by atoms with Crippen LogP contribution < -0.4 is 16.0 Å². The first-order valence-corrected chi connectivity index (χ1v) is 16.1. The van der Waals surface area contributed by atoms with Crippen LogP contribution in [0.4, 0.5) is 0 Å². The molecule has 5 aliphatic rings. The Morgan fingerprint density at radius 3 is 2.71 bits per heavy atom. The van der Waals surface area contributed by atoms with Gasteiger partial charge < -0.3 is 19.9 Å². The van der Waals surface area contributed by atoms with Gasteiger partial charge in [-0.2, -0.15) is 0 Å². The van der Waals surface area contributed by atoms with Crippen molar-refractivity contribution in [2.45, 2.75) is 76.1 Å². The second-order valence-corrected chi connectivity index (χ2v) is 13.5. The number of ether oxygens (including phenoxy) is 1. The van der Waals surface area contributed by atoms with Crippen molar-refractivity contribution in [3.63, 3.8) is 0 Å². The van der Waals surface area contributed by atoms with Gasteiger partial charge in [-0.15, -0.1) is 0 Å². The van der Waals surface area contributed by atoms with E-state index in [0.717, 1.165) is 51.7 Å². The fourth-order valence-corrected chi connectivity index (χ4v) is 8.70. The van der Waals surface area contributed by atoms with Crippen LogP contribution in [0.1, 0.15) is 43.7 Å². The van der Waals surface area contributed by atoms with E-state index in [9.17, 15) is 9.59 Å². The van der Waals surface area contributed by atoms with Gasteiger partial charge in [0.15, 0.2) is 12.1 Å². The predicted molar refractivity (Wildman–Crippen MR) is 164 cm³/mol. The zero-order valence-electron chi connectivity index (χ0n) is 25.7. The smallest absolute Gasteiger partial charge is 0.246 e. The van der Waals surface area contributed by atoms with E-state index in [1.807, 2.05) is 11.9 Å². The molecule has 0 aromatic heterocycles. The third kappa shape index (κ3) is 5.48. The summed E-state index contributed by atoms with van der Waals surface area (Å²) in [7, 11) is 4.10. The van der Waals surface area contributed by atoms with Gasteiger partial charge in [-0.05, 0) is 82.3 Å². The molecular weight excluding hydrogens is 528 g/mol. The molecule has 42 heavy (non-hydrogen) atoms. The molecule has 9 heteroatoms. The Hall–Kier alpha value is -2.14. The molecule has 0 radical (unpaired) electrons. The Labute approximate surface area is 251 Å². The lowest BCUT2D eigenvalue weighted by Gasteiger charge is -2.56. The molecule has 2 aliphatic carbocycles. The van der Waals surface area contributed by atoms with Crippen LogP contribution in [0.15, 0.2) is 36.9 Å². The maximum atomic E-state index is 14.7. The van der Waals surface area contributed by atoms with E-state index >= 15 is 0 Å². The predicted octanol–water partition coefficient (Wildman–Crippen LogP) is 1.59. The van der Waals surface area contributed by atoms with Gasteiger partial charge in [-0.25, -0.2) is 0 Å². The molecule has 3 saturated heterocycles. The normalized spacial score (nSPS) is 37.5. The van der Waals surface area contributed by atoms with Crippen LogP contribution >= 0.6 is 0 Å². The van der Waals surface area contributed by atoms with Crippen LogP contribution in [0.25, 0.3) is 0 Å². The van der Waals surface area contributed by atoms with Gasteiger partial charge >= 0.3 is 0 Å². The van der Waals surface area contributed by atoms with Crippen molar-refractivity contribution in [3.05, 3.63) is 48.0 Å². The highest BCUT2D eigenvalue weighted by molar-refractivity contribution is 5.92. The molecule has 6 rings (SSSR count). The molecule has 1 amide bonds. The van der Waals surface area contributed by atoms with Crippen LogP contribution in [0.3, 0.4) is 0 Å². The fraction of sp³-hybridized carbons (Fsp3) is 0.697. The summed E-state index contributed by atoms with van der Waals surface area (Å²) < 4.78 is 6.53. The molecule has 230 valence electrons. The van der Waals surface area contributed by atoms with Gasteiger partial charge in [0.1, 0.15) is 0 Å². The van der Waals surface area contributed by atoms with Crippen molar-refractivity contribution < 1.29 is 14.3 Å². The number of likely N-dealkylation sites (tertiary alicyclic amines) is 1. The Morgan fingerprint density at radius 2 is 1.98 bits per heavy atom. The lowest BCUT2D eigenvalue weighted by Crippen LogP contribution is -2.75. The number of Topliss-reactive ketones (excluding diaryl/α,β-unsaturated/α-hetero) is 1. The molecule has 4 fully saturated rings. The zero-order valence-corrected chi connectivity index (χ0v) is 25.7. The molecule has 3 heterocycles. The molecular formula is C33H50N6O3. The zero-order chi connectivity index (χ0) is 29.4. The summed E-state index contributed by atoms with van der Waals surface area (Å²) in [6, 6.07) is 8.86. The Bertz CT molecular complexity index is 1160. The average Bonchev–Trinajstić information content (AvgIpc) is 3.42. The van der Waals surface area contributed by atoms with E-state index in [0.29, 0.717) is 37.4 Å². The Morgan fingerprint density at radius 1 is 1.17 bits per heavy atom. The van der Waals surface area contributed by atoms with Gasteiger partial charge in [0, 0.05) is 43.6 Å². The number of carbonyl (C=O) groups is 2. The van der Waals surface area contributed by atoms with E-state index in [2.05, 4.69) is 70.6 Å². The number of hydrogen-bond acceptors (Lipinski definition) is 8. The number of fused-ring (bicyclic) bond motifs is 2. The molecule has 1 aromatic carbocycles. The maximum Gasteiger partial charge on any atom is 0.246 e. The Kier molecular flexibility index (Phi) is 8.87. The number of benzene rings is 1. The van der Waals surface area contributed by atoms with Gasteiger partial charge in [0.25, 0.3) is 0 Å². The molecule has 1 aromatic rings. The summed E-state index contributed by atoms with van der Waals surface area (Å²) in [4.78, 5) is 34.2. The largest absolute Gasteiger partial charge is 0.348 e. The fourth-order valence-electron chi connectivity index (χ4n) is 8.70. The molecule has 7 unspecified atom stereocenters. The van der Waals surface area contributed by atoms with Crippen LogP contribution in [0.2, 0.25) is 0 Å². The number of carbonyl (C=O) groups excluding carboxylic acids is 2. The molecule has 1 saturated carbocycles. The number of likely N-dealkylation sites (N-methyl/N-ethyl adjacent to an activating group) is 2. The van der Waals surface area contributed by atoms with Crippen molar-refractivity contribution >= 4 is 11.7 Å². The summed E-state index contributed by atoms with van der Waals surface area (Å²) in [6.45, 7) is 10.6. The van der Waals surface area contributed by atoms with Crippen LogP contribution in [0, 0.1) is 17.3 Å². The highest BCUT2D eigenvalue weighted by Crippen LogP contribution is 2.50. The topological polar surface area (TPSA) is 89.2 Å². The SMILES string of the molecule is C=CC(=O)N1CCN(C2NC(OCC3CCCN3C)NC3C(=O)[C@]4(CCC32)Cc2ccccc2CC4C)CC1CNC. The van der Waals surface area contributed by atoms with E-state index in [1.54, 1.807) is 0 Å². The summed E-state index contributed by atoms with van der Waals surface area (Å²) in [5.41, 5.74) is 2.39. The van der Waals surface area contributed by atoms with Crippen molar-refractivity contribution in [1.82, 2.24) is 30.7 Å². The Balaban J connectivity index is 1.25. The lowest BCUT2D eigenvalue weighted by atomic mass is 9.55. The lowest BCUT2D eigenvalue weighted by molar-refractivity contribution is -0.157. The number of ketones is 1. The second kappa shape index (κ2) is 12.5. The number of nitrogens with zero attached hydrogens (tertiary/aromatic N) is 3. The average molecular weight is 579 g/mol. The van der Waals surface area contributed by atoms with Crippen LogP contribution in [0.5, 0.6) is 0 Å². The van der Waals surface area contributed by atoms with E-state index in [4.69, 9.17) is 4.74 Å². The van der Waals surface area contributed by atoms with Crippen molar-refractivity contribution in [1.29, 1.82) is 0 Å². The first-order valence-electron chi connectivity index (χ1n) is 16.1. The van der Waals surface area contributed by atoms with E-state index in [1.165, 1.54) is 23.6 Å². The standard InChI is InChI=1S/C33H50N6O3/c1-5-28(40)39-16-15-38(20-26(39)19-34-3)31-27-12-13-33(18-24-10-7-6-9-23(24)17-22(33)2)30(41)29(27)35-32(36-31)42-21-25-11-8-14-37(25)4/h5-7,9-10,22,25-27,29,31-32,34-36H,1,8,11-21H2,2-4H3/t22?,25?,26?,27?,29?,31?,32?,33-/m1/s1. The number of amides is 1. The third-order valence-corrected chi connectivity index (χ3v) is 11.2. The summed E-state index contributed by atoms with van der Waals surface area (Å²) >= 11 is 0. The van der Waals surface area contributed by atoms with Gasteiger partial charge in [0.05, 0.1) is 24.9 Å². The molecule has 8 atom stereocenters. The summed E-state index contributed by atoms with van der Waals surface area (Å²) in [5, 5.41) is 10.8. The number of hydrogen-bond donors (Lipinski definition) is 3. The second-order valence-electron chi connectivity index (χ2n) is 13.5. The van der Waals surface area contributed by atoms with Crippen molar-refractivity contribution in [3.8, 4) is 0 Å². The van der Waals surface area contributed by atoms with Crippen LogP contribution in [-0.2, 0) is 27.2 Å². The maximum absolute atomic E-state index is 14.7. The number of nitrogens with one attached hydrogen (secondary N) is 3. The van der Waals surface area contributed by atoms with E-state index in [-0.39, 0.29) is 35.5 Å². The summed E-state index contributed by atoms with van der Waals surface area (Å²) in [5.74, 6) is 0.787. The third-order valence-electron chi connectivity index (χ3n) is 11.2. The monoisotopic (exact) mass is 578 g/mol. The van der Waals surface area contributed by atoms with Gasteiger partial charge in [0.2, 0.25) is 5.91 Å². The van der Waals surface area contributed by atoms with Gasteiger partial charge in [-0.3, -0.25) is 25.1 Å². The molecule has 3 N–H and O–H groups in total. The first kappa shape index (κ1) is 29.9. The minimum atomic E-state index is -0.397. The number of piperazine rings is 1. The van der Waals surface area contributed by atoms with Crippen molar-refractivity contribution in [2.75, 3.05) is 53.4 Å². The summed E-state index contributed by atoms with van der Waals surface area (Å²) in [6.07, 6.45) is 7.04. The highest BCUT2D eigenvalue weighted by Gasteiger charge is 2.57. The van der Waals surface area contributed by atoms with Crippen molar-refractivity contribution in [2.24, 2.45) is 17.3 Å². The van der Waals surface area contributed by atoms with Gasteiger partial charge in [-0.1, -0.05) is 37.8 Å². The molecule has 9 nitrogen and oxygen atoms in total. The van der Waals surface area contributed by atoms with Crippen LogP contribution in [-0.4, -0.2) is 110 Å². The highest BCUT2D eigenvalue weighted by atomic mass is 16.5. The number of rotatable bonds is 7.